The number of hydrogen-bond donors (Lipinski definition) is 1. The van der Waals surface area contributed by atoms with Gasteiger partial charge in [-0.3, -0.25) is 4.79 Å². The molecule has 4 atom stereocenters. The molecule has 8 heteroatoms. The van der Waals surface area contributed by atoms with Crippen molar-refractivity contribution >= 4 is 17.7 Å². The second kappa shape index (κ2) is 8.03. The summed E-state index contributed by atoms with van der Waals surface area (Å²) in [5, 5.41) is 3.25. The third-order valence-electron chi connectivity index (χ3n) is 6.58. The van der Waals surface area contributed by atoms with Gasteiger partial charge in [0.15, 0.2) is 5.69 Å². The first-order valence-electron chi connectivity index (χ1n) is 10.1. The van der Waals surface area contributed by atoms with Gasteiger partial charge < -0.3 is 19.7 Å². The Morgan fingerprint density at radius 2 is 1.86 bits per heavy atom. The number of amides is 1. The molecule has 2 saturated carbocycles. The molecule has 1 aliphatic heterocycles. The molecule has 0 spiro atoms. The fraction of sp³-hybridized carbons (Fsp3) is 0.700. The molecule has 1 aromatic heterocycles. The lowest BCUT2D eigenvalue weighted by Gasteiger charge is -2.38. The van der Waals surface area contributed by atoms with Crippen LogP contribution in [0, 0.1) is 17.8 Å². The summed E-state index contributed by atoms with van der Waals surface area (Å²) < 4.78 is 10.4. The van der Waals surface area contributed by atoms with E-state index in [0.717, 1.165) is 51.0 Å². The Kier molecular flexibility index (Phi) is 5.48. The maximum absolute atomic E-state index is 12.4. The maximum Gasteiger partial charge on any atom is 0.358 e. The van der Waals surface area contributed by atoms with Gasteiger partial charge in [-0.05, 0) is 37.5 Å². The van der Waals surface area contributed by atoms with E-state index in [2.05, 4.69) is 24.9 Å². The largest absolute Gasteiger partial charge is 0.464 e. The van der Waals surface area contributed by atoms with E-state index in [1.807, 2.05) is 0 Å². The predicted molar refractivity (Wildman–Crippen MR) is 102 cm³/mol. The highest BCUT2D eigenvalue weighted by molar-refractivity contribution is 5.86. The second-order valence-corrected chi connectivity index (χ2v) is 8.17. The number of rotatable bonds is 5. The normalized spacial score (nSPS) is 29.7. The van der Waals surface area contributed by atoms with Crippen LogP contribution in [-0.2, 0) is 14.3 Å². The number of anilines is 1. The first-order chi connectivity index (χ1) is 13.6. The van der Waals surface area contributed by atoms with Crippen molar-refractivity contribution in [2.24, 2.45) is 17.8 Å². The van der Waals surface area contributed by atoms with Crippen molar-refractivity contribution in [3.8, 4) is 0 Å². The molecule has 1 aromatic rings. The Hall–Kier alpha value is -2.22. The van der Waals surface area contributed by atoms with E-state index in [9.17, 15) is 9.59 Å². The van der Waals surface area contributed by atoms with Gasteiger partial charge in [-0.15, -0.1) is 0 Å². The Labute approximate surface area is 165 Å². The van der Waals surface area contributed by atoms with E-state index >= 15 is 0 Å². The summed E-state index contributed by atoms with van der Waals surface area (Å²) in [4.78, 5) is 34.7. The van der Waals surface area contributed by atoms with Crippen LogP contribution in [0.1, 0.15) is 42.6 Å². The molecule has 4 rings (SSSR count). The van der Waals surface area contributed by atoms with Crippen LogP contribution in [0.15, 0.2) is 12.4 Å². The van der Waals surface area contributed by atoms with Crippen molar-refractivity contribution in [3.05, 3.63) is 18.1 Å². The summed E-state index contributed by atoms with van der Waals surface area (Å²) in [5.74, 6) is 1.66. The maximum atomic E-state index is 12.4. The quantitative estimate of drug-likeness (QED) is 0.762. The molecule has 0 radical (unpaired) electrons. The lowest BCUT2D eigenvalue weighted by atomic mass is 9.76. The molecule has 3 fully saturated rings. The molecular formula is C20H28N4O4. The van der Waals surface area contributed by atoms with Crippen LogP contribution in [0.25, 0.3) is 0 Å². The fourth-order valence-corrected chi connectivity index (χ4v) is 4.68. The number of carbonyl (C=O) groups excluding carboxylic acids is 2. The number of hydrogen-bond acceptors (Lipinski definition) is 7. The number of esters is 1. The SMILES string of the molecule is COC(=O)c1cnc(N2C[C@H]3C[C@H](OC)[C@@H](NC(=O)C4CCC4)C[C@H]3C2)cn1. The number of nitrogens with one attached hydrogen (secondary N) is 1. The Morgan fingerprint density at radius 1 is 1.11 bits per heavy atom. The summed E-state index contributed by atoms with van der Waals surface area (Å²) in [7, 11) is 3.06. The lowest BCUT2D eigenvalue weighted by molar-refractivity contribution is -0.130. The Bertz CT molecular complexity index is 721. The first-order valence-corrected chi connectivity index (χ1v) is 10.1. The number of carbonyl (C=O) groups is 2. The molecular weight excluding hydrogens is 360 g/mol. The number of aromatic nitrogens is 2. The molecule has 28 heavy (non-hydrogen) atoms. The van der Waals surface area contributed by atoms with Crippen molar-refractivity contribution in [2.45, 2.75) is 44.2 Å². The first kappa shape index (κ1) is 19.1. The minimum Gasteiger partial charge on any atom is -0.464 e. The van der Waals surface area contributed by atoms with Crippen LogP contribution < -0.4 is 10.2 Å². The fourth-order valence-electron chi connectivity index (χ4n) is 4.68. The number of nitrogens with zero attached hydrogens (tertiary/aromatic N) is 3. The molecule has 2 aliphatic carbocycles. The molecule has 1 N–H and O–H groups in total. The molecule has 2 heterocycles. The highest BCUT2D eigenvalue weighted by Gasteiger charge is 2.44. The van der Waals surface area contributed by atoms with Crippen LogP contribution in [0.4, 0.5) is 5.82 Å². The lowest BCUT2D eigenvalue weighted by Crippen LogP contribution is -2.52. The van der Waals surface area contributed by atoms with E-state index in [1.165, 1.54) is 13.3 Å². The monoisotopic (exact) mass is 388 g/mol. The van der Waals surface area contributed by atoms with Crippen molar-refractivity contribution in [3.63, 3.8) is 0 Å². The van der Waals surface area contributed by atoms with Gasteiger partial charge in [0.1, 0.15) is 5.82 Å². The number of methoxy groups -OCH3 is 2. The standard InChI is InChI=1S/C20H28N4O4/c1-27-17-7-14-11-24(18-9-21-16(8-22-18)20(26)28-2)10-13(14)6-15(17)23-19(25)12-4-3-5-12/h8-9,12-15,17H,3-7,10-11H2,1-2H3,(H,23,25)/t13-,14+,15-,17-/m0/s1. The van der Waals surface area contributed by atoms with Crippen LogP contribution in [0.2, 0.25) is 0 Å². The van der Waals surface area contributed by atoms with E-state index in [0.29, 0.717) is 11.8 Å². The van der Waals surface area contributed by atoms with Crippen LogP contribution >= 0.6 is 0 Å². The van der Waals surface area contributed by atoms with Gasteiger partial charge in [-0.1, -0.05) is 6.42 Å². The third-order valence-corrected chi connectivity index (χ3v) is 6.58. The van der Waals surface area contributed by atoms with Crippen molar-refractivity contribution < 1.29 is 19.1 Å². The van der Waals surface area contributed by atoms with Gasteiger partial charge >= 0.3 is 5.97 Å². The van der Waals surface area contributed by atoms with Crippen LogP contribution in [0.3, 0.4) is 0 Å². The van der Waals surface area contributed by atoms with E-state index in [-0.39, 0.29) is 29.7 Å². The minimum absolute atomic E-state index is 0.0537. The summed E-state index contributed by atoms with van der Waals surface area (Å²) in [6.07, 6.45) is 8.18. The third kappa shape index (κ3) is 3.70. The molecule has 1 amide bonds. The highest BCUT2D eigenvalue weighted by atomic mass is 16.5. The highest BCUT2D eigenvalue weighted by Crippen LogP contribution is 2.39. The van der Waals surface area contributed by atoms with E-state index in [4.69, 9.17) is 4.74 Å². The Balaban J connectivity index is 1.40. The molecule has 1 saturated heterocycles. The average molecular weight is 388 g/mol. The van der Waals surface area contributed by atoms with E-state index in [1.54, 1.807) is 13.3 Å². The zero-order valence-electron chi connectivity index (χ0n) is 16.5. The van der Waals surface area contributed by atoms with Gasteiger partial charge in [0.05, 0.1) is 31.6 Å². The van der Waals surface area contributed by atoms with Crippen LogP contribution in [0.5, 0.6) is 0 Å². The average Bonchev–Trinajstić information content (AvgIpc) is 3.08. The van der Waals surface area contributed by atoms with Crippen molar-refractivity contribution in [1.82, 2.24) is 15.3 Å². The topological polar surface area (TPSA) is 93.6 Å². The van der Waals surface area contributed by atoms with Gasteiger partial charge in [0.2, 0.25) is 5.91 Å². The zero-order chi connectivity index (χ0) is 19.7. The zero-order valence-corrected chi connectivity index (χ0v) is 16.5. The summed E-state index contributed by atoms with van der Waals surface area (Å²) in [6.45, 7) is 1.77. The summed E-state index contributed by atoms with van der Waals surface area (Å²) in [5.41, 5.74) is 0.209. The molecule has 8 nitrogen and oxygen atoms in total. The number of ether oxygens (including phenoxy) is 2. The molecule has 0 unspecified atom stereocenters. The van der Waals surface area contributed by atoms with Crippen molar-refractivity contribution in [1.29, 1.82) is 0 Å². The van der Waals surface area contributed by atoms with Crippen molar-refractivity contribution in [2.75, 3.05) is 32.2 Å². The van der Waals surface area contributed by atoms with E-state index < -0.39 is 5.97 Å². The smallest absolute Gasteiger partial charge is 0.358 e. The van der Waals surface area contributed by atoms with Gasteiger partial charge in [0.25, 0.3) is 0 Å². The minimum atomic E-state index is -0.484. The number of fused-ring (bicyclic) bond motifs is 1. The summed E-state index contributed by atoms with van der Waals surface area (Å²) in [6, 6.07) is 0.0760. The van der Waals surface area contributed by atoms with Gasteiger partial charge in [-0.25, -0.2) is 14.8 Å². The molecule has 3 aliphatic rings. The predicted octanol–water partition coefficient (Wildman–Crippen LogP) is 1.41. The molecule has 0 bridgehead atoms. The van der Waals surface area contributed by atoms with Gasteiger partial charge in [-0.2, -0.15) is 0 Å². The summed E-state index contributed by atoms with van der Waals surface area (Å²) >= 11 is 0. The second-order valence-electron chi connectivity index (χ2n) is 8.17. The molecule has 0 aromatic carbocycles. The molecule has 152 valence electrons. The van der Waals surface area contributed by atoms with Gasteiger partial charge in [0, 0.05) is 26.1 Å². The Morgan fingerprint density at radius 3 is 2.43 bits per heavy atom. The van der Waals surface area contributed by atoms with Crippen LogP contribution in [-0.4, -0.2) is 61.3 Å².